The van der Waals surface area contributed by atoms with Gasteiger partial charge in [-0.15, -0.1) is 24.8 Å². The summed E-state index contributed by atoms with van der Waals surface area (Å²) in [6.07, 6.45) is 5.20. The normalized spacial score (nSPS) is 17.7. The quantitative estimate of drug-likeness (QED) is 0.555. The molecule has 4 rings (SSSR count). The van der Waals surface area contributed by atoms with Crippen LogP contribution in [0.2, 0.25) is 0 Å². The molecule has 1 atom stereocenters. The van der Waals surface area contributed by atoms with E-state index < -0.39 is 0 Å². The number of hydrogen-bond acceptors (Lipinski definition) is 5. The van der Waals surface area contributed by atoms with Crippen LogP contribution in [0.15, 0.2) is 42.5 Å². The molecule has 2 fully saturated rings. The summed E-state index contributed by atoms with van der Waals surface area (Å²) in [7, 11) is 3.39. The summed E-state index contributed by atoms with van der Waals surface area (Å²) < 4.78 is 17.7. The topological polar surface area (TPSA) is 43.0 Å². The first kappa shape index (κ1) is 26.6. The van der Waals surface area contributed by atoms with Crippen molar-refractivity contribution in [2.75, 3.05) is 40.4 Å². The molecule has 0 unspecified atom stereocenters. The second kappa shape index (κ2) is 13.1. The summed E-state index contributed by atoms with van der Waals surface area (Å²) in [6, 6.07) is 14.9. The van der Waals surface area contributed by atoms with Gasteiger partial charge in [0.1, 0.15) is 12.4 Å². The molecular formula is C25H36Cl2N2O3. The van der Waals surface area contributed by atoms with Gasteiger partial charge in [0.2, 0.25) is 0 Å². The van der Waals surface area contributed by atoms with Crippen LogP contribution >= 0.6 is 24.8 Å². The molecule has 1 saturated heterocycles. The molecule has 178 valence electrons. The average Bonchev–Trinajstić information content (AvgIpc) is 3.33. The summed E-state index contributed by atoms with van der Waals surface area (Å²) in [5.41, 5.74) is 2.40. The van der Waals surface area contributed by atoms with Gasteiger partial charge in [-0.3, -0.25) is 4.90 Å². The third-order valence-electron chi connectivity index (χ3n) is 6.46. The third-order valence-corrected chi connectivity index (χ3v) is 6.46. The largest absolute Gasteiger partial charge is 0.493 e. The molecule has 2 aromatic rings. The van der Waals surface area contributed by atoms with Crippen molar-refractivity contribution in [2.45, 2.75) is 38.3 Å². The van der Waals surface area contributed by atoms with Gasteiger partial charge in [0.15, 0.2) is 11.5 Å². The highest BCUT2D eigenvalue weighted by atomic mass is 35.5. The van der Waals surface area contributed by atoms with Crippen LogP contribution in [-0.4, -0.2) is 45.3 Å². The molecule has 1 heterocycles. The van der Waals surface area contributed by atoms with E-state index in [2.05, 4.69) is 40.5 Å². The molecule has 0 radical (unpaired) electrons. The summed E-state index contributed by atoms with van der Waals surface area (Å²) in [4.78, 5) is 2.64. The maximum absolute atomic E-state index is 6.42. The monoisotopic (exact) mass is 482 g/mol. The van der Waals surface area contributed by atoms with Crippen LogP contribution in [0.3, 0.4) is 0 Å². The molecular weight excluding hydrogens is 447 g/mol. The number of methoxy groups -OCH3 is 2. The van der Waals surface area contributed by atoms with Crippen LogP contribution in [0, 0.1) is 5.92 Å². The highest BCUT2D eigenvalue weighted by molar-refractivity contribution is 5.85. The van der Waals surface area contributed by atoms with Crippen LogP contribution in [0.4, 0.5) is 0 Å². The molecule has 2 aliphatic rings. The number of hydrogen-bond donors (Lipinski definition) is 1. The van der Waals surface area contributed by atoms with Crippen molar-refractivity contribution >= 4 is 24.8 Å². The molecule has 5 nitrogen and oxygen atoms in total. The van der Waals surface area contributed by atoms with Gasteiger partial charge >= 0.3 is 0 Å². The number of rotatable bonds is 8. The molecule has 1 saturated carbocycles. The molecule has 2 aromatic carbocycles. The van der Waals surface area contributed by atoms with Gasteiger partial charge in [0.05, 0.1) is 14.2 Å². The van der Waals surface area contributed by atoms with Crippen LogP contribution in [0.5, 0.6) is 17.2 Å². The van der Waals surface area contributed by atoms with E-state index in [1.165, 1.54) is 31.2 Å². The Kier molecular flexibility index (Phi) is 10.9. The standard InChI is InChI=1S/C25H34N2O3.2ClH/c1-28-23-16-21(25(20-10-6-7-11-20)27-14-12-26-13-15-27)22(17-24(23)29-2)30-18-19-8-4-3-5-9-19;;/h3-5,8-9,16-17,20,25-26H,6-7,10-15,18H2,1-2H3;2*1H/t25-;;/m1../s1. The molecule has 1 aliphatic carbocycles. The van der Waals surface area contributed by atoms with Gasteiger partial charge in [0, 0.05) is 43.9 Å². The lowest BCUT2D eigenvalue weighted by Crippen LogP contribution is -2.46. The van der Waals surface area contributed by atoms with E-state index in [-0.39, 0.29) is 24.8 Å². The Balaban J connectivity index is 0.00000181. The van der Waals surface area contributed by atoms with Crippen molar-refractivity contribution in [2.24, 2.45) is 5.92 Å². The van der Waals surface area contributed by atoms with Gasteiger partial charge < -0.3 is 19.5 Å². The van der Waals surface area contributed by atoms with Crippen molar-refractivity contribution in [1.29, 1.82) is 0 Å². The molecule has 0 spiro atoms. The Hall–Kier alpha value is -1.66. The van der Waals surface area contributed by atoms with E-state index in [0.717, 1.165) is 49.0 Å². The van der Waals surface area contributed by atoms with E-state index >= 15 is 0 Å². The molecule has 0 bridgehead atoms. The maximum atomic E-state index is 6.42. The lowest BCUT2D eigenvalue weighted by atomic mass is 9.88. The minimum Gasteiger partial charge on any atom is -0.493 e. The van der Waals surface area contributed by atoms with Crippen molar-refractivity contribution in [3.63, 3.8) is 0 Å². The number of nitrogens with one attached hydrogen (secondary N) is 1. The van der Waals surface area contributed by atoms with Crippen molar-refractivity contribution in [3.05, 3.63) is 53.6 Å². The van der Waals surface area contributed by atoms with Gasteiger partial charge in [-0.25, -0.2) is 0 Å². The summed E-state index contributed by atoms with van der Waals surface area (Å²) >= 11 is 0. The lowest BCUT2D eigenvalue weighted by molar-refractivity contribution is 0.121. The van der Waals surface area contributed by atoms with E-state index in [1.54, 1.807) is 14.2 Å². The summed E-state index contributed by atoms with van der Waals surface area (Å²) in [5.74, 6) is 3.06. The van der Waals surface area contributed by atoms with Crippen molar-refractivity contribution < 1.29 is 14.2 Å². The number of nitrogens with zero attached hydrogens (tertiary/aromatic N) is 1. The summed E-state index contributed by atoms with van der Waals surface area (Å²) in [6.45, 7) is 4.75. The lowest BCUT2D eigenvalue weighted by Gasteiger charge is -2.39. The Morgan fingerprint density at radius 2 is 1.53 bits per heavy atom. The second-order valence-electron chi connectivity index (χ2n) is 8.29. The van der Waals surface area contributed by atoms with Gasteiger partial charge in [-0.1, -0.05) is 43.2 Å². The fraction of sp³-hybridized carbons (Fsp3) is 0.520. The van der Waals surface area contributed by atoms with E-state index in [0.29, 0.717) is 18.6 Å². The fourth-order valence-corrected chi connectivity index (χ4v) is 4.95. The van der Waals surface area contributed by atoms with E-state index in [9.17, 15) is 0 Å². The first-order valence-electron chi connectivity index (χ1n) is 11.2. The number of ether oxygens (including phenoxy) is 3. The second-order valence-corrected chi connectivity index (χ2v) is 8.29. The molecule has 1 aliphatic heterocycles. The fourth-order valence-electron chi connectivity index (χ4n) is 4.95. The Morgan fingerprint density at radius 3 is 2.16 bits per heavy atom. The minimum atomic E-state index is 0. The zero-order valence-electron chi connectivity index (χ0n) is 19.0. The average molecular weight is 483 g/mol. The third kappa shape index (κ3) is 6.22. The van der Waals surface area contributed by atoms with Crippen LogP contribution < -0.4 is 19.5 Å². The number of halogens is 2. The highest BCUT2D eigenvalue weighted by Crippen LogP contribution is 2.46. The van der Waals surface area contributed by atoms with Crippen LogP contribution in [-0.2, 0) is 6.61 Å². The number of piperazine rings is 1. The minimum absolute atomic E-state index is 0. The van der Waals surface area contributed by atoms with E-state index in [4.69, 9.17) is 14.2 Å². The molecule has 7 heteroatoms. The Bertz CT molecular complexity index is 810. The SMILES string of the molecule is COc1cc(OCc2ccccc2)c([C@@H](C2CCCC2)N2CCNCC2)cc1OC.Cl.Cl. The predicted molar refractivity (Wildman–Crippen MR) is 134 cm³/mol. The molecule has 0 aromatic heterocycles. The van der Waals surface area contributed by atoms with E-state index in [1.807, 2.05) is 12.1 Å². The summed E-state index contributed by atoms with van der Waals surface area (Å²) in [5, 5.41) is 3.50. The zero-order valence-corrected chi connectivity index (χ0v) is 20.7. The Morgan fingerprint density at radius 1 is 0.906 bits per heavy atom. The Labute approximate surface area is 204 Å². The first-order chi connectivity index (χ1) is 14.8. The number of benzene rings is 2. The van der Waals surface area contributed by atoms with Gasteiger partial charge in [-0.2, -0.15) is 0 Å². The van der Waals surface area contributed by atoms with Gasteiger partial charge in [-0.05, 0) is 30.4 Å². The maximum Gasteiger partial charge on any atom is 0.164 e. The molecule has 0 amide bonds. The zero-order chi connectivity index (χ0) is 20.8. The van der Waals surface area contributed by atoms with Crippen LogP contribution in [0.1, 0.15) is 42.9 Å². The molecule has 32 heavy (non-hydrogen) atoms. The van der Waals surface area contributed by atoms with Crippen molar-refractivity contribution in [1.82, 2.24) is 10.2 Å². The van der Waals surface area contributed by atoms with Crippen LogP contribution in [0.25, 0.3) is 0 Å². The first-order valence-corrected chi connectivity index (χ1v) is 11.2. The smallest absolute Gasteiger partial charge is 0.164 e. The highest BCUT2D eigenvalue weighted by Gasteiger charge is 2.34. The predicted octanol–water partition coefficient (Wildman–Crippen LogP) is 5.26. The van der Waals surface area contributed by atoms with Crippen molar-refractivity contribution in [3.8, 4) is 17.2 Å². The van der Waals surface area contributed by atoms with Gasteiger partial charge in [0.25, 0.3) is 0 Å². The molecule has 1 N–H and O–H groups in total.